The molecule has 1 aromatic carbocycles. The average Bonchev–Trinajstić information content (AvgIpc) is 2.88. The van der Waals surface area contributed by atoms with Crippen molar-refractivity contribution in [2.45, 2.75) is 32.2 Å². The van der Waals surface area contributed by atoms with E-state index in [-0.39, 0.29) is 11.6 Å². The average molecular weight is 298 g/mol. The molecule has 0 bridgehead atoms. The van der Waals surface area contributed by atoms with E-state index in [1.807, 2.05) is 0 Å². The minimum Gasteiger partial charge on any atom is -0.481 e. The summed E-state index contributed by atoms with van der Waals surface area (Å²) in [7, 11) is 0. The van der Waals surface area contributed by atoms with E-state index in [1.165, 1.54) is 13.0 Å². The van der Waals surface area contributed by atoms with Crippen molar-refractivity contribution in [2.75, 3.05) is 5.32 Å². The lowest BCUT2D eigenvalue weighted by Crippen LogP contribution is -2.37. The number of hydrogen-bond donors (Lipinski definition) is 3. The van der Waals surface area contributed by atoms with Crippen molar-refractivity contribution in [3.63, 3.8) is 0 Å². The van der Waals surface area contributed by atoms with Crippen LogP contribution < -0.4 is 10.6 Å². The number of halogens is 2. The van der Waals surface area contributed by atoms with E-state index >= 15 is 0 Å². The van der Waals surface area contributed by atoms with E-state index in [9.17, 15) is 18.4 Å². The highest BCUT2D eigenvalue weighted by atomic mass is 19.1. The number of hydrogen-bond acceptors (Lipinski definition) is 2. The van der Waals surface area contributed by atoms with Crippen molar-refractivity contribution in [1.29, 1.82) is 0 Å². The normalized spacial score (nSPS) is 21.1. The number of rotatable bonds is 3. The summed E-state index contributed by atoms with van der Waals surface area (Å²) in [5.41, 5.74) is -0.279. The Balaban J connectivity index is 1.97. The molecule has 2 rings (SSSR count). The van der Waals surface area contributed by atoms with Gasteiger partial charge in [0.25, 0.3) is 0 Å². The number of aliphatic carboxylic acids is 1. The van der Waals surface area contributed by atoms with Gasteiger partial charge in [-0.25, -0.2) is 13.6 Å². The number of carbonyl (C=O) groups excluding carboxylic acids is 1. The monoisotopic (exact) mass is 298 g/mol. The van der Waals surface area contributed by atoms with Crippen LogP contribution in [0.4, 0.5) is 19.3 Å². The van der Waals surface area contributed by atoms with Gasteiger partial charge in [-0.15, -0.1) is 0 Å². The summed E-state index contributed by atoms with van der Waals surface area (Å²) in [5.74, 6) is -3.05. The maximum absolute atomic E-state index is 13.7. The Morgan fingerprint density at radius 1 is 1.29 bits per heavy atom. The third-order valence-electron chi connectivity index (χ3n) is 3.64. The number of benzene rings is 1. The number of aryl methyl sites for hydroxylation is 1. The molecule has 21 heavy (non-hydrogen) atoms. The van der Waals surface area contributed by atoms with Crippen molar-refractivity contribution in [3.8, 4) is 0 Å². The minimum atomic E-state index is -0.893. The first-order chi connectivity index (χ1) is 9.88. The highest BCUT2D eigenvalue weighted by Crippen LogP contribution is 2.26. The highest BCUT2D eigenvalue weighted by molar-refractivity contribution is 5.90. The summed E-state index contributed by atoms with van der Waals surface area (Å²) in [6, 6.07) is 1.31. The zero-order valence-corrected chi connectivity index (χ0v) is 11.5. The topological polar surface area (TPSA) is 78.4 Å². The standard InChI is InChI=1S/C14H16F2N2O3/c1-7-2-5-10(15)12(11(7)16)18-14(21)17-9-4-3-8(6-9)13(19)20/h2,5,8-9H,3-4,6H2,1H3,(H,19,20)(H2,17,18,21)/t8-,9+/m1/s1. The summed E-state index contributed by atoms with van der Waals surface area (Å²) in [5, 5.41) is 13.6. The van der Waals surface area contributed by atoms with Gasteiger partial charge >= 0.3 is 12.0 Å². The van der Waals surface area contributed by atoms with Gasteiger partial charge in [-0.05, 0) is 37.8 Å². The van der Waals surface area contributed by atoms with Crippen molar-refractivity contribution in [3.05, 3.63) is 29.3 Å². The molecule has 0 heterocycles. The van der Waals surface area contributed by atoms with Gasteiger partial charge in [0.1, 0.15) is 11.5 Å². The Morgan fingerprint density at radius 3 is 2.62 bits per heavy atom. The molecule has 0 unspecified atom stereocenters. The van der Waals surface area contributed by atoms with Crippen LogP contribution in [0.3, 0.4) is 0 Å². The van der Waals surface area contributed by atoms with Gasteiger partial charge in [0.15, 0.2) is 5.82 Å². The molecule has 114 valence electrons. The smallest absolute Gasteiger partial charge is 0.319 e. The molecule has 0 radical (unpaired) electrons. The maximum Gasteiger partial charge on any atom is 0.319 e. The molecule has 1 aromatic rings. The van der Waals surface area contributed by atoms with Crippen LogP contribution in [0, 0.1) is 24.5 Å². The minimum absolute atomic E-state index is 0.221. The molecule has 2 amide bonds. The predicted octanol–water partition coefficient (Wildman–Crippen LogP) is 2.65. The van der Waals surface area contributed by atoms with Gasteiger partial charge in [0.05, 0.1) is 5.92 Å². The Hall–Kier alpha value is -2.18. The molecule has 1 fully saturated rings. The Labute approximate surface area is 120 Å². The van der Waals surface area contributed by atoms with Crippen LogP contribution in [0.1, 0.15) is 24.8 Å². The quantitative estimate of drug-likeness (QED) is 0.802. The van der Waals surface area contributed by atoms with Gasteiger partial charge in [0, 0.05) is 6.04 Å². The molecular formula is C14H16F2N2O3. The zero-order chi connectivity index (χ0) is 15.6. The first-order valence-corrected chi connectivity index (χ1v) is 6.63. The van der Waals surface area contributed by atoms with Crippen molar-refractivity contribution in [1.82, 2.24) is 5.32 Å². The number of amides is 2. The van der Waals surface area contributed by atoms with E-state index in [0.717, 1.165) is 6.07 Å². The molecule has 1 aliphatic carbocycles. The zero-order valence-electron chi connectivity index (χ0n) is 11.5. The summed E-state index contributed by atoms with van der Waals surface area (Å²) in [6.45, 7) is 1.46. The molecule has 0 aromatic heterocycles. The van der Waals surface area contributed by atoms with E-state index < -0.39 is 35.2 Å². The number of carbonyl (C=O) groups is 2. The van der Waals surface area contributed by atoms with Crippen LogP contribution in [-0.4, -0.2) is 23.1 Å². The first-order valence-electron chi connectivity index (χ1n) is 6.63. The van der Waals surface area contributed by atoms with E-state index in [2.05, 4.69) is 10.6 Å². The van der Waals surface area contributed by atoms with Gasteiger partial charge in [0.2, 0.25) is 0 Å². The van der Waals surface area contributed by atoms with E-state index in [0.29, 0.717) is 19.3 Å². The SMILES string of the molecule is Cc1ccc(F)c(NC(=O)N[C@H]2CC[C@@H](C(=O)O)C2)c1F. The number of nitrogens with one attached hydrogen (secondary N) is 2. The van der Waals surface area contributed by atoms with Crippen LogP contribution in [-0.2, 0) is 4.79 Å². The maximum atomic E-state index is 13.7. The highest BCUT2D eigenvalue weighted by Gasteiger charge is 2.30. The van der Waals surface area contributed by atoms with Crippen LogP contribution in [0.25, 0.3) is 0 Å². The first kappa shape index (κ1) is 15.2. The second-order valence-corrected chi connectivity index (χ2v) is 5.20. The van der Waals surface area contributed by atoms with Crippen molar-refractivity contribution in [2.24, 2.45) is 5.92 Å². The fraction of sp³-hybridized carbons (Fsp3) is 0.429. The molecular weight excluding hydrogens is 282 g/mol. The fourth-order valence-electron chi connectivity index (χ4n) is 2.44. The number of carboxylic acid groups (broad SMARTS) is 1. The molecule has 0 spiro atoms. The fourth-order valence-corrected chi connectivity index (χ4v) is 2.44. The van der Waals surface area contributed by atoms with Crippen LogP contribution in [0.5, 0.6) is 0 Å². The summed E-state index contributed by atoms with van der Waals surface area (Å²) >= 11 is 0. The molecule has 5 nitrogen and oxygen atoms in total. The molecule has 1 saturated carbocycles. The number of urea groups is 1. The second-order valence-electron chi connectivity index (χ2n) is 5.20. The molecule has 2 atom stereocenters. The van der Waals surface area contributed by atoms with E-state index in [1.54, 1.807) is 0 Å². The summed E-state index contributed by atoms with van der Waals surface area (Å²) in [4.78, 5) is 22.6. The van der Waals surface area contributed by atoms with Crippen LogP contribution in [0.2, 0.25) is 0 Å². The second kappa shape index (κ2) is 6.07. The van der Waals surface area contributed by atoms with Gasteiger partial charge in [-0.1, -0.05) is 6.07 Å². The summed E-state index contributed by atoms with van der Waals surface area (Å²) in [6.07, 6.45) is 1.33. The largest absolute Gasteiger partial charge is 0.481 e. The predicted molar refractivity (Wildman–Crippen MR) is 72.0 cm³/mol. The lowest BCUT2D eigenvalue weighted by Gasteiger charge is -2.14. The number of carboxylic acids is 1. The third kappa shape index (κ3) is 3.48. The van der Waals surface area contributed by atoms with Crippen molar-refractivity contribution < 1.29 is 23.5 Å². The Bertz CT molecular complexity index is 578. The molecule has 3 N–H and O–H groups in total. The lowest BCUT2D eigenvalue weighted by atomic mass is 10.1. The molecule has 1 aliphatic rings. The van der Waals surface area contributed by atoms with Crippen LogP contribution >= 0.6 is 0 Å². The van der Waals surface area contributed by atoms with Gasteiger partial charge in [-0.3, -0.25) is 4.79 Å². The van der Waals surface area contributed by atoms with Crippen LogP contribution in [0.15, 0.2) is 12.1 Å². The molecule has 7 heteroatoms. The van der Waals surface area contributed by atoms with Gasteiger partial charge in [-0.2, -0.15) is 0 Å². The Morgan fingerprint density at radius 2 is 2.00 bits per heavy atom. The molecule has 0 saturated heterocycles. The van der Waals surface area contributed by atoms with E-state index in [4.69, 9.17) is 5.11 Å². The van der Waals surface area contributed by atoms with Crippen molar-refractivity contribution >= 4 is 17.7 Å². The summed E-state index contributed by atoms with van der Waals surface area (Å²) < 4.78 is 27.3. The lowest BCUT2D eigenvalue weighted by molar-refractivity contribution is -0.141. The molecule has 0 aliphatic heterocycles. The third-order valence-corrected chi connectivity index (χ3v) is 3.64. The van der Waals surface area contributed by atoms with Gasteiger partial charge < -0.3 is 15.7 Å². The number of anilines is 1. The Kier molecular flexibility index (Phi) is 4.40.